The number of rotatable bonds is 1. The van der Waals surface area contributed by atoms with E-state index in [0.29, 0.717) is 19.1 Å². The zero-order valence-electron chi connectivity index (χ0n) is 9.53. The summed E-state index contributed by atoms with van der Waals surface area (Å²) in [5, 5.41) is 0. The van der Waals surface area contributed by atoms with Crippen molar-refractivity contribution in [3.8, 4) is 0 Å². The summed E-state index contributed by atoms with van der Waals surface area (Å²) in [6, 6.07) is 0.124. The molecule has 2 rings (SSSR count). The summed E-state index contributed by atoms with van der Waals surface area (Å²) < 4.78 is 5.55. The lowest BCUT2D eigenvalue weighted by Crippen LogP contribution is -2.46. The molecule has 86 valence electrons. The number of hydrogen-bond donors (Lipinski definition) is 1. The van der Waals surface area contributed by atoms with Gasteiger partial charge in [-0.3, -0.25) is 4.79 Å². The van der Waals surface area contributed by atoms with Crippen LogP contribution >= 0.6 is 0 Å². The fourth-order valence-electron chi connectivity index (χ4n) is 2.44. The molecule has 0 radical (unpaired) electrons. The molecular formula is C11H20N2O2. The molecule has 3 atom stereocenters. The molecule has 0 spiro atoms. The van der Waals surface area contributed by atoms with Gasteiger partial charge >= 0.3 is 0 Å². The number of ether oxygens (including phenoxy) is 1. The summed E-state index contributed by atoms with van der Waals surface area (Å²) in [6.45, 7) is 6.15. The Morgan fingerprint density at radius 1 is 1.53 bits per heavy atom. The predicted octanol–water partition coefficient (Wildman–Crippen LogP) is 0.361. The Balaban J connectivity index is 2.02. The summed E-state index contributed by atoms with van der Waals surface area (Å²) in [5.74, 6) is 0.527. The van der Waals surface area contributed by atoms with Crippen LogP contribution in [-0.4, -0.2) is 42.1 Å². The van der Waals surface area contributed by atoms with Gasteiger partial charge in [0.25, 0.3) is 5.91 Å². The molecule has 3 unspecified atom stereocenters. The lowest BCUT2D eigenvalue weighted by atomic mass is 10.0. The number of amides is 1. The van der Waals surface area contributed by atoms with Crippen LogP contribution in [0.25, 0.3) is 0 Å². The predicted molar refractivity (Wildman–Crippen MR) is 57.3 cm³/mol. The average Bonchev–Trinajstić information content (AvgIpc) is 2.75. The summed E-state index contributed by atoms with van der Waals surface area (Å²) in [7, 11) is 0. The molecule has 4 nitrogen and oxygen atoms in total. The minimum atomic E-state index is -0.580. The SMILES string of the molecule is CC1CN(C(=O)C2(C)CCCO2)CC1N. The molecule has 2 N–H and O–H groups in total. The van der Waals surface area contributed by atoms with Crippen LogP contribution in [0.2, 0.25) is 0 Å². The molecule has 0 aromatic rings. The van der Waals surface area contributed by atoms with Crippen LogP contribution in [-0.2, 0) is 9.53 Å². The van der Waals surface area contributed by atoms with Gasteiger partial charge in [-0.2, -0.15) is 0 Å². The van der Waals surface area contributed by atoms with Gasteiger partial charge in [0.1, 0.15) is 5.60 Å². The van der Waals surface area contributed by atoms with Crippen molar-refractivity contribution in [2.75, 3.05) is 19.7 Å². The standard InChI is InChI=1S/C11H20N2O2/c1-8-6-13(7-9(8)12)10(14)11(2)4-3-5-15-11/h8-9H,3-7,12H2,1-2H3. The van der Waals surface area contributed by atoms with Crippen molar-refractivity contribution in [1.82, 2.24) is 4.90 Å². The van der Waals surface area contributed by atoms with Crippen LogP contribution in [0.4, 0.5) is 0 Å². The first-order chi connectivity index (χ1) is 7.03. The van der Waals surface area contributed by atoms with Gasteiger partial charge in [-0.05, 0) is 25.7 Å². The third kappa shape index (κ3) is 1.88. The molecule has 0 aromatic carbocycles. The van der Waals surface area contributed by atoms with Crippen LogP contribution in [0, 0.1) is 5.92 Å². The Morgan fingerprint density at radius 3 is 2.73 bits per heavy atom. The first-order valence-corrected chi connectivity index (χ1v) is 5.72. The minimum absolute atomic E-state index is 0.124. The maximum atomic E-state index is 12.2. The van der Waals surface area contributed by atoms with E-state index in [2.05, 4.69) is 6.92 Å². The fraction of sp³-hybridized carbons (Fsp3) is 0.909. The summed E-state index contributed by atoms with van der Waals surface area (Å²) in [6.07, 6.45) is 1.82. The van der Waals surface area contributed by atoms with Gasteiger partial charge in [-0.1, -0.05) is 6.92 Å². The molecule has 2 aliphatic heterocycles. The van der Waals surface area contributed by atoms with E-state index in [4.69, 9.17) is 10.5 Å². The second kappa shape index (κ2) is 3.76. The van der Waals surface area contributed by atoms with E-state index < -0.39 is 5.60 Å². The number of likely N-dealkylation sites (tertiary alicyclic amines) is 1. The highest BCUT2D eigenvalue weighted by Gasteiger charge is 2.43. The summed E-state index contributed by atoms with van der Waals surface area (Å²) in [5.41, 5.74) is 5.33. The Morgan fingerprint density at radius 2 is 2.27 bits per heavy atom. The minimum Gasteiger partial charge on any atom is -0.365 e. The number of hydrogen-bond acceptors (Lipinski definition) is 3. The average molecular weight is 212 g/mol. The Labute approximate surface area is 90.8 Å². The number of nitrogens with zero attached hydrogens (tertiary/aromatic N) is 1. The first kappa shape index (κ1) is 10.9. The van der Waals surface area contributed by atoms with Gasteiger partial charge < -0.3 is 15.4 Å². The van der Waals surface area contributed by atoms with E-state index >= 15 is 0 Å². The zero-order valence-corrected chi connectivity index (χ0v) is 9.53. The first-order valence-electron chi connectivity index (χ1n) is 5.72. The molecule has 0 aliphatic carbocycles. The topological polar surface area (TPSA) is 55.6 Å². The van der Waals surface area contributed by atoms with Crippen LogP contribution in [0.5, 0.6) is 0 Å². The normalized spacial score (nSPS) is 41.1. The van der Waals surface area contributed by atoms with Gasteiger partial charge in [0.15, 0.2) is 0 Å². The molecule has 2 fully saturated rings. The quantitative estimate of drug-likeness (QED) is 0.683. The molecule has 0 aromatic heterocycles. The van der Waals surface area contributed by atoms with Crippen molar-refractivity contribution in [3.05, 3.63) is 0 Å². The smallest absolute Gasteiger partial charge is 0.254 e. The highest BCUT2D eigenvalue weighted by molar-refractivity contribution is 5.85. The third-order valence-electron chi connectivity index (χ3n) is 3.63. The van der Waals surface area contributed by atoms with Crippen LogP contribution < -0.4 is 5.73 Å². The maximum Gasteiger partial charge on any atom is 0.254 e. The molecule has 15 heavy (non-hydrogen) atoms. The van der Waals surface area contributed by atoms with E-state index in [0.717, 1.165) is 19.4 Å². The van der Waals surface area contributed by atoms with Crippen molar-refractivity contribution in [2.45, 2.75) is 38.3 Å². The monoisotopic (exact) mass is 212 g/mol. The van der Waals surface area contributed by atoms with E-state index in [1.54, 1.807) is 0 Å². The van der Waals surface area contributed by atoms with Gasteiger partial charge in [0.05, 0.1) is 0 Å². The number of nitrogens with two attached hydrogens (primary N) is 1. The fourth-order valence-corrected chi connectivity index (χ4v) is 2.44. The Kier molecular flexibility index (Phi) is 2.73. The van der Waals surface area contributed by atoms with Crippen molar-refractivity contribution in [1.29, 1.82) is 0 Å². The second-order valence-electron chi connectivity index (χ2n) is 5.03. The molecule has 0 saturated carbocycles. The second-order valence-corrected chi connectivity index (χ2v) is 5.03. The lowest BCUT2D eigenvalue weighted by Gasteiger charge is -2.28. The lowest BCUT2D eigenvalue weighted by molar-refractivity contribution is -0.150. The highest BCUT2D eigenvalue weighted by Crippen LogP contribution is 2.29. The van der Waals surface area contributed by atoms with Gasteiger partial charge in [0.2, 0.25) is 0 Å². The third-order valence-corrected chi connectivity index (χ3v) is 3.63. The number of carbonyl (C=O) groups is 1. The zero-order chi connectivity index (χ0) is 11.1. The maximum absolute atomic E-state index is 12.2. The van der Waals surface area contributed by atoms with Crippen LogP contribution in [0.1, 0.15) is 26.7 Å². The van der Waals surface area contributed by atoms with E-state index in [9.17, 15) is 4.79 Å². The molecular weight excluding hydrogens is 192 g/mol. The Hall–Kier alpha value is -0.610. The van der Waals surface area contributed by atoms with Gasteiger partial charge in [-0.15, -0.1) is 0 Å². The molecule has 2 heterocycles. The molecule has 1 amide bonds. The molecule has 2 saturated heterocycles. The van der Waals surface area contributed by atoms with Crippen molar-refractivity contribution < 1.29 is 9.53 Å². The van der Waals surface area contributed by atoms with Gasteiger partial charge in [0, 0.05) is 25.7 Å². The van der Waals surface area contributed by atoms with Crippen LogP contribution in [0.3, 0.4) is 0 Å². The molecule has 2 aliphatic rings. The Bertz CT molecular complexity index is 251. The van der Waals surface area contributed by atoms with E-state index in [1.165, 1.54) is 0 Å². The number of carbonyl (C=O) groups excluding carboxylic acids is 1. The molecule has 4 heteroatoms. The van der Waals surface area contributed by atoms with Crippen LogP contribution in [0.15, 0.2) is 0 Å². The van der Waals surface area contributed by atoms with Crippen molar-refractivity contribution in [2.24, 2.45) is 11.7 Å². The van der Waals surface area contributed by atoms with E-state index in [-0.39, 0.29) is 11.9 Å². The van der Waals surface area contributed by atoms with Gasteiger partial charge in [-0.25, -0.2) is 0 Å². The molecule has 0 bridgehead atoms. The summed E-state index contributed by atoms with van der Waals surface area (Å²) in [4.78, 5) is 14.1. The van der Waals surface area contributed by atoms with Crippen molar-refractivity contribution in [3.63, 3.8) is 0 Å². The summed E-state index contributed by atoms with van der Waals surface area (Å²) >= 11 is 0. The highest BCUT2D eigenvalue weighted by atomic mass is 16.5. The van der Waals surface area contributed by atoms with E-state index in [1.807, 2.05) is 11.8 Å². The van der Waals surface area contributed by atoms with Crippen molar-refractivity contribution >= 4 is 5.91 Å². The largest absolute Gasteiger partial charge is 0.365 e.